The number of cyclic esters (lactones) is 4. The van der Waals surface area contributed by atoms with Gasteiger partial charge in [0.25, 0.3) is 0 Å². The van der Waals surface area contributed by atoms with Gasteiger partial charge in [-0.1, -0.05) is 48.9 Å². The van der Waals surface area contributed by atoms with E-state index in [0.717, 1.165) is 23.1 Å². The molecule has 156 valence electrons. The molecule has 8 rings (SSSR count). The number of carbonyl (C=O) groups excluding carboxylic acids is 4. The van der Waals surface area contributed by atoms with Crippen molar-refractivity contribution in [3.63, 3.8) is 0 Å². The monoisotopic (exact) mass is 416 g/mol. The second-order valence-corrected chi connectivity index (χ2v) is 9.83. The fourth-order valence-corrected chi connectivity index (χ4v) is 7.69. The van der Waals surface area contributed by atoms with Gasteiger partial charge >= 0.3 is 23.9 Å². The number of fused-ring (bicyclic) bond motifs is 5. The number of ether oxygens (including phenoxy) is 2. The van der Waals surface area contributed by atoms with Crippen LogP contribution in [0.3, 0.4) is 0 Å². The van der Waals surface area contributed by atoms with Crippen LogP contribution in [-0.4, -0.2) is 23.9 Å². The lowest BCUT2D eigenvalue weighted by atomic mass is 9.46. The Labute approximate surface area is 178 Å². The van der Waals surface area contributed by atoms with Gasteiger partial charge in [-0.3, -0.25) is 19.2 Å². The highest BCUT2D eigenvalue weighted by atomic mass is 16.6. The maximum absolute atomic E-state index is 12.9. The average molecular weight is 416 g/mol. The Morgan fingerprint density at radius 1 is 0.742 bits per heavy atom. The fraction of sp³-hybridized carbons (Fsp3) is 0.440. The zero-order valence-corrected chi connectivity index (χ0v) is 16.8. The molecule has 6 heteroatoms. The summed E-state index contributed by atoms with van der Waals surface area (Å²) in [5, 5.41) is 0. The van der Waals surface area contributed by atoms with Crippen LogP contribution in [0, 0.1) is 53.3 Å². The molecular weight excluding hydrogens is 396 g/mol. The molecular formula is C25H20O6. The number of carbonyl (C=O) groups is 4. The van der Waals surface area contributed by atoms with Gasteiger partial charge in [-0.15, -0.1) is 0 Å². The van der Waals surface area contributed by atoms with Crippen LogP contribution in [0.15, 0.2) is 42.0 Å². The molecule has 6 nitrogen and oxygen atoms in total. The fourth-order valence-electron chi connectivity index (χ4n) is 7.69. The van der Waals surface area contributed by atoms with Crippen molar-refractivity contribution in [1.82, 2.24) is 0 Å². The van der Waals surface area contributed by atoms with Crippen LogP contribution in [0.1, 0.15) is 18.1 Å². The molecule has 3 fully saturated rings. The van der Waals surface area contributed by atoms with E-state index in [1.54, 1.807) is 0 Å². The van der Waals surface area contributed by atoms with Crippen molar-refractivity contribution < 1.29 is 28.7 Å². The van der Waals surface area contributed by atoms with Gasteiger partial charge < -0.3 is 9.47 Å². The van der Waals surface area contributed by atoms with Crippen molar-refractivity contribution in [1.29, 1.82) is 0 Å². The highest BCUT2D eigenvalue weighted by Crippen LogP contribution is 2.65. The number of hydrogen-bond acceptors (Lipinski definition) is 6. The maximum Gasteiger partial charge on any atom is 0.318 e. The third kappa shape index (κ3) is 1.95. The average Bonchev–Trinajstić information content (AvgIpc) is 3.24. The van der Waals surface area contributed by atoms with E-state index in [2.05, 4.69) is 19.1 Å². The molecule has 0 aromatic heterocycles. The third-order valence-corrected chi connectivity index (χ3v) is 8.62. The number of benzene rings is 1. The van der Waals surface area contributed by atoms with E-state index in [1.807, 2.05) is 24.3 Å². The summed E-state index contributed by atoms with van der Waals surface area (Å²) in [6.07, 6.45) is 4.81. The molecule has 9 unspecified atom stereocenters. The summed E-state index contributed by atoms with van der Waals surface area (Å²) in [4.78, 5) is 51.1. The summed E-state index contributed by atoms with van der Waals surface area (Å²) >= 11 is 0. The van der Waals surface area contributed by atoms with Gasteiger partial charge in [-0.2, -0.15) is 0 Å². The topological polar surface area (TPSA) is 86.7 Å². The van der Waals surface area contributed by atoms with E-state index < -0.39 is 47.5 Å². The van der Waals surface area contributed by atoms with Gasteiger partial charge in [0.2, 0.25) is 0 Å². The van der Waals surface area contributed by atoms with E-state index >= 15 is 0 Å². The molecule has 2 aliphatic heterocycles. The van der Waals surface area contributed by atoms with Crippen molar-refractivity contribution in [3.05, 3.63) is 53.1 Å². The van der Waals surface area contributed by atoms with Gasteiger partial charge in [0.15, 0.2) is 0 Å². The first-order chi connectivity index (χ1) is 15.0. The molecule has 2 bridgehead atoms. The first-order valence-corrected chi connectivity index (χ1v) is 11.0. The van der Waals surface area contributed by atoms with Crippen molar-refractivity contribution in [2.24, 2.45) is 53.3 Å². The lowest BCUT2D eigenvalue weighted by molar-refractivity contribution is -0.156. The van der Waals surface area contributed by atoms with Gasteiger partial charge in [-0.05, 0) is 35.0 Å². The molecule has 0 N–H and O–H groups in total. The van der Waals surface area contributed by atoms with Crippen LogP contribution in [0.25, 0.3) is 5.57 Å². The Morgan fingerprint density at radius 2 is 1.39 bits per heavy atom. The molecule has 1 saturated carbocycles. The van der Waals surface area contributed by atoms with E-state index in [4.69, 9.17) is 9.47 Å². The normalized spacial score (nSPS) is 43.7. The molecule has 7 aliphatic rings. The summed E-state index contributed by atoms with van der Waals surface area (Å²) in [7, 11) is 0. The van der Waals surface area contributed by atoms with Crippen molar-refractivity contribution in [2.45, 2.75) is 13.3 Å². The second-order valence-electron chi connectivity index (χ2n) is 9.83. The van der Waals surface area contributed by atoms with E-state index in [1.165, 1.54) is 5.56 Å². The highest BCUT2D eigenvalue weighted by molar-refractivity contribution is 6.02. The van der Waals surface area contributed by atoms with Gasteiger partial charge in [0, 0.05) is 17.8 Å². The largest absolute Gasteiger partial charge is 0.393 e. The molecule has 0 amide bonds. The molecule has 1 aromatic rings. The standard InChI is InChI=1S/C25H20O6/c1-9-8-10-4-2-3-5-11(10)15-14(9)20-21(25(29)31-24(20)28)17-13-7-6-12(16(15)17)18-19(13)23(27)30-22(18)26/h2-7,9,12-14,17-21H,8H2,1H3. The van der Waals surface area contributed by atoms with E-state index in [9.17, 15) is 19.2 Å². The molecule has 0 spiro atoms. The minimum absolute atomic E-state index is 0.135. The van der Waals surface area contributed by atoms with Gasteiger partial charge in [-0.25, -0.2) is 0 Å². The Morgan fingerprint density at radius 3 is 2.16 bits per heavy atom. The molecule has 2 heterocycles. The maximum atomic E-state index is 12.9. The molecule has 5 aliphatic carbocycles. The van der Waals surface area contributed by atoms with E-state index in [-0.39, 0.29) is 29.6 Å². The molecule has 1 aromatic carbocycles. The van der Waals surface area contributed by atoms with Crippen LogP contribution in [0.4, 0.5) is 0 Å². The van der Waals surface area contributed by atoms with E-state index in [0.29, 0.717) is 0 Å². The lowest BCUT2D eigenvalue weighted by Crippen LogP contribution is -2.54. The SMILES string of the molecule is CC1Cc2ccccc2C2=C3C4C=CC(C5C(=O)OC(=O)C45)C3C3C(=O)OC(=O)C3C21. The van der Waals surface area contributed by atoms with Gasteiger partial charge in [0.1, 0.15) is 0 Å². The minimum atomic E-state index is -0.606. The second kappa shape index (κ2) is 5.61. The minimum Gasteiger partial charge on any atom is -0.393 e. The summed E-state index contributed by atoms with van der Waals surface area (Å²) in [5.41, 5.74) is 4.47. The number of allylic oxidation sites excluding steroid dienone is 4. The number of rotatable bonds is 0. The molecule has 9 atom stereocenters. The molecule has 0 radical (unpaired) electrons. The van der Waals surface area contributed by atoms with Crippen molar-refractivity contribution in [3.8, 4) is 0 Å². The van der Waals surface area contributed by atoms with Gasteiger partial charge in [0.05, 0.1) is 23.7 Å². The smallest absolute Gasteiger partial charge is 0.318 e. The Balaban J connectivity index is 1.56. The van der Waals surface area contributed by atoms with Crippen LogP contribution in [0.2, 0.25) is 0 Å². The Hall–Kier alpha value is -3.02. The first-order valence-electron chi connectivity index (χ1n) is 11.0. The predicted octanol–water partition coefficient (Wildman–Crippen LogP) is 2.33. The first kappa shape index (κ1) is 17.6. The predicted molar refractivity (Wildman–Crippen MR) is 105 cm³/mol. The Bertz CT molecular complexity index is 1170. The van der Waals surface area contributed by atoms with Crippen LogP contribution >= 0.6 is 0 Å². The van der Waals surface area contributed by atoms with Crippen LogP contribution in [-0.2, 0) is 35.1 Å². The number of hydrogen-bond donors (Lipinski definition) is 0. The zero-order valence-electron chi connectivity index (χ0n) is 16.8. The quantitative estimate of drug-likeness (QED) is 0.367. The van der Waals surface area contributed by atoms with Crippen LogP contribution in [0.5, 0.6) is 0 Å². The highest BCUT2D eigenvalue weighted by Gasteiger charge is 2.68. The summed E-state index contributed by atoms with van der Waals surface area (Å²) in [6.45, 7) is 2.13. The summed E-state index contributed by atoms with van der Waals surface area (Å²) in [6, 6.07) is 8.20. The summed E-state index contributed by atoms with van der Waals surface area (Å²) in [5.74, 6) is -5.13. The summed E-state index contributed by atoms with van der Waals surface area (Å²) < 4.78 is 10.3. The lowest BCUT2D eigenvalue weighted by Gasteiger charge is -2.54. The zero-order chi connectivity index (χ0) is 21.2. The van der Waals surface area contributed by atoms with Crippen LogP contribution < -0.4 is 0 Å². The third-order valence-electron chi connectivity index (χ3n) is 8.62. The van der Waals surface area contributed by atoms with Crippen molar-refractivity contribution >= 4 is 29.5 Å². The molecule has 2 saturated heterocycles. The molecule has 31 heavy (non-hydrogen) atoms. The van der Waals surface area contributed by atoms with Crippen molar-refractivity contribution in [2.75, 3.05) is 0 Å². The number of esters is 4. The Kier molecular flexibility index (Phi) is 3.19.